The van der Waals surface area contributed by atoms with Crippen molar-refractivity contribution in [1.29, 1.82) is 0 Å². The summed E-state index contributed by atoms with van der Waals surface area (Å²) in [5, 5.41) is 1.67. The summed E-state index contributed by atoms with van der Waals surface area (Å²) in [5.41, 5.74) is 0.588. The third-order valence-electron chi connectivity index (χ3n) is 3.45. The van der Waals surface area contributed by atoms with Crippen LogP contribution >= 0.6 is 11.3 Å². The number of nitrogens with one attached hydrogen (secondary N) is 1. The van der Waals surface area contributed by atoms with Gasteiger partial charge in [0.1, 0.15) is 4.21 Å². The molecule has 0 spiro atoms. The summed E-state index contributed by atoms with van der Waals surface area (Å²) in [5.74, 6) is 0.570. The molecule has 0 saturated carbocycles. The van der Waals surface area contributed by atoms with Gasteiger partial charge in [0.05, 0.1) is 19.6 Å². The lowest BCUT2D eigenvalue weighted by Crippen LogP contribution is -2.30. The molecule has 128 valence electrons. The van der Waals surface area contributed by atoms with Gasteiger partial charge in [-0.25, -0.2) is 13.1 Å². The van der Waals surface area contributed by atoms with Gasteiger partial charge in [-0.1, -0.05) is 12.1 Å². The molecule has 0 fully saturated rings. The molecule has 0 saturated heterocycles. The van der Waals surface area contributed by atoms with E-state index in [4.69, 9.17) is 9.47 Å². The molecule has 0 bridgehead atoms. The maximum absolute atomic E-state index is 12.5. The van der Waals surface area contributed by atoms with Gasteiger partial charge in [0.25, 0.3) is 10.0 Å². The molecule has 0 radical (unpaired) electrons. The summed E-state index contributed by atoms with van der Waals surface area (Å²) in [4.78, 5) is 11.7. The lowest BCUT2D eigenvalue weighted by molar-refractivity contribution is -0.141. The number of carbonyl (C=O) groups excluding carboxylic acids is 1. The first-order valence-corrected chi connectivity index (χ1v) is 9.38. The SMILES string of the molecule is COC(=O)C[C@@H](NS(=O)(=O)c1cccs1)c1ccc2c(c1)OCO2. The third-order valence-corrected chi connectivity index (χ3v) is 6.32. The van der Waals surface area contributed by atoms with E-state index in [1.54, 1.807) is 29.6 Å². The first-order chi connectivity index (χ1) is 11.5. The highest BCUT2D eigenvalue weighted by atomic mass is 32.2. The van der Waals surface area contributed by atoms with Gasteiger partial charge < -0.3 is 14.2 Å². The Morgan fingerprint density at radius 3 is 2.83 bits per heavy atom. The summed E-state index contributed by atoms with van der Waals surface area (Å²) in [6, 6.07) is 7.41. The van der Waals surface area contributed by atoms with E-state index >= 15 is 0 Å². The van der Waals surface area contributed by atoms with Crippen LogP contribution in [0.2, 0.25) is 0 Å². The first-order valence-electron chi connectivity index (χ1n) is 7.02. The predicted molar refractivity (Wildman–Crippen MR) is 86.6 cm³/mol. The third kappa shape index (κ3) is 3.53. The van der Waals surface area contributed by atoms with E-state index in [0.29, 0.717) is 17.1 Å². The Hall–Kier alpha value is -2.10. The van der Waals surface area contributed by atoms with Crippen LogP contribution in [0.5, 0.6) is 11.5 Å². The largest absolute Gasteiger partial charge is 0.469 e. The van der Waals surface area contributed by atoms with Gasteiger partial charge in [-0.05, 0) is 29.1 Å². The second-order valence-corrected chi connectivity index (χ2v) is 7.89. The lowest BCUT2D eigenvalue weighted by Gasteiger charge is -2.18. The zero-order valence-electron chi connectivity index (χ0n) is 12.7. The molecule has 0 amide bonds. The fourth-order valence-electron chi connectivity index (χ4n) is 2.27. The van der Waals surface area contributed by atoms with Crippen LogP contribution in [0.25, 0.3) is 0 Å². The van der Waals surface area contributed by atoms with Gasteiger partial charge in [-0.3, -0.25) is 4.79 Å². The minimum atomic E-state index is -3.74. The van der Waals surface area contributed by atoms with Crippen molar-refractivity contribution in [2.24, 2.45) is 0 Å². The minimum absolute atomic E-state index is 0.112. The number of esters is 1. The Morgan fingerprint density at radius 1 is 1.33 bits per heavy atom. The van der Waals surface area contributed by atoms with E-state index in [9.17, 15) is 13.2 Å². The number of hydrogen-bond acceptors (Lipinski definition) is 7. The molecule has 1 atom stereocenters. The van der Waals surface area contributed by atoms with Crippen LogP contribution in [0, 0.1) is 0 Å². The number of sulfonamides is 1. The van der Waals surface area contributed by atoms with Crippen LogP contribution < -0.4 is 14.2 Å². The molecular weight excluding hydrogens is 354 g/mol. The van der Waals surface area contributed by atoms with Gasteiger partial charge in [-0.15, -0.1) is 11.3 Å². The van der Waals surface area contributed by atoms with E-state index in [-0.39, 0.29) is 17.4 Å². The van der Waals surface area contributed by atoms with E-state index < -0.39 is 22.0 Å². The number of benzene rings is 1. The monoisotopic (exact) mass is 369 g/mol. The summed E-state index contributed by atoms with van der Waals surface area (Å²) in [6.07, 6.45) is -0.138. The van der Waals surface area contributed by atoms with Gasteiger partial charge in [0.2, 0.25) is 6.79 Å². The van der Waals surface area contributed by atoms with Crippen LogP contribution in [0.15, 0.2) is 39.9 Å². The fraction of sp³-hybridized carbons (Fsp3) is 0.267. The molecule has 2 heterocycles. The van der Waals surface area contributed by atoms with Gasteiger partial charge in [0.15, 0.2) is 11.5 Å². The molecule has 0 aliphatic carbocycles. The molecule has 0 unspecified atom stereocenters. The van der Waals surface area contributed by atoms with Crippen LogP contribution in [-0.2, 0) is 19.6 Å². The summed E-state index contributed by atoms with van der Waals surface area (Å²) >= 11 is 1.10. The lowest BCUT2D eigenvalue weighted by atomic mass is 10.0. The number of rotatable bonds is 6. The fourth-order valence-corrected chi connectivity index (χ4v) is 4.50. The molecule has 7 nitrogen and oxygen atoms in total. The van der Waals surface area contributed by atoms with Gasteiger partial charge in [-0.2, -0.15) is 0 Å². The number of hydrogen-bond donors (Lipinski definition) is 1. The molecule has 2 aromatic rings. The zero-order chi connectivity index (χ0) is 17.2. The van der Waals surface area contributed by atoms with Crippen molar-refractivity contribution in [2.45, 2.75) is 16.7 Å². The van der Waals surface area contributed by atoms with Crippen LogP contribution in [0.3, 0.4) is 0 Å². The smallest absolute Gasteiger partial charge is 0.307 e. The van der Waals surface area contributed by atoms with E-state index in [1.165, 1.54) is 13.2 Å². The van der Waals surface area contributed by atoms with Crippen LogP contribution in [-0.4, -0.2) is 28.3 Å². The molecule has 3 rings (SSSR count). The number of ether oxygens (including phenoxy) is 3. The second kappa shape index (κ2) is 6.80. The summed E-state index contributed by atoms with van der Waals surface area (Å²) in [6.45, 7) is 0.112. The standard InChI is InChI=1S/C15H15NO6S2/c1-20-14(17)8-11(16-24(18,19)15-3-2-6-23-15)10-4-5-12-13(7-10)22-9-21-12/h2-7,11,16H,8-9H2,1H3/t11-/m1/s1. The van der Waals surface area contributed by atoms with Crippen molar-refractivity contribution in [2.75, 3.05) is 13.9 Å². The molecule has 1 aromatic heterocycles. The van der Waals surface area contributed by atoms with Crippen molar-refractivity contribution < 1.29 is 27.4 Å². The van der Waals surface area contributed by atoms with E-state index in [1.807, 2.05) is 0 Å². The maximum atomic E-state index is 12.5. The first kappa shape index (κ1) is 16.7. The van der Waals surface area contributed by atoms with Crippen LogP contribution in [0.1, 0.15) is 18.0 Å². The minimum Gasteiger partial charge on any atom is -0.469 e. The highest BCUT2D eigenvalue weighted by Crippen LogP contribution is 2.35. The van der Waals surface area contributed by atoms with Crippen molar-refractivity contribution in [1.82, 2.24) is 4.72 Å². The Kier molecular flexibility index (Phi) is 4.74. The number of fused-ring (bicyclic) bond motifs is 1. The van der Waals surface area contributed by atoms with E-state index in [2.05, 4.69) is 9.46 Å². The van der Waals surface area contributed by atoms with Gasteiger partial charge in [0, 0.05) is 0 Å². The predicted octanol–water partition coefficient (Wildman–Crippen LogP) is 2.06. The number of methoxy groups -OCH3 is 1. The quantitative estimate of drug-likeness (QED) is 0.784. The Labute approximate surface area is 143 Å². The average molecular weight is 369 g/mol. The molecule has 1 aliphatic heterocycles. The number of carbonyl (C=O) groups is 1. The Bertz CT molecular complexity index is 832. The molecule has 1 N–H and O–H groups in total. The van der Waals surface area contributed by atoms with Gasteiger partial charge >= 0.3 is 5.97 Å². The molecular formula is C15H15NO6S2. The van der Waals surface area contributed by atoms with Crippen molar-refractivity contribution in [3.05, 3.63) is 41.3 Å². The molecule has 24 heavy (non-hydrogen) atoms. The maximum Gasteiger partial charge on any atom is 0.307 e. The van der Waals surface area contributed by atoms with Crippen LogP contribution in [0.4, 0.5) is 0 Å². The highest BCUT2D eigenvalue weighted by molar-refractivity contribution is 7.91. The number of thiophene rings is 1. The van der Waals surface area contributed by atoms with Crippen molar-refractivity contribution >= 4 is 27.3 Å². The van der Waals surface area contributed by atoms with Crippen molar-refractivity contribution in [3.8, 4) is 11.5 Å². The Balaban J connectivity index is 1.90. The zero-order valence-corrected chi connectivity index (χ0v) is 14.4. The average Bonchev–Trinajstić information content (AvgIpc) is 3.24. The Morgan fingerprint density at radius 2 is 2.12 bits per heavy atom. The topological polar surface area (TPSA) is 90.9 Å². The van der Waals surface area contributed by atoms with Crippen molar-refractivity contribution in [3.63, 3.8) is 0 Å². The normalized spacial score (nSPS) is 14.4. The molecule has 1 aliphatic rings. The van der Waals surface area contributed by atoms with E-state index in [0.717, 1.165) is 11.3 Å². The highest BCUT2D eigenvalue weighted by Gasteiger charge is 2.26. The summed E-state index contributed by atoms with van der Waals surface area (Å²) in [7, 11) is -2.49. The molecule has 9 heteroatoms. The summed E-state index contributed by atoms with van der Waals surface area (Å²) < 4.78 is 42.9. The molecule has 1 aromatic carbocycles. The second-order valence-electron chi connectivity index (χ2n) is 5.00.